The van der Waals surface area contributed by atoms with Gasteiger partial charge in [-0.3, -0.25) is 4.40 Å². The van der Waals surface area contributed by atoms with Crippen LogP contribution in [0.5, 0.6) is 0 Å². The van der Waals surface area contributed by atoms with Gasteiger partial charge in [-0.1, -0.05) is 20.3 Å². The van der Waals surface area contributed by atoms with Gasteiger partial charge < -0.3 is 0 Å². The normalized spacial score (nSPS) is 11.2. The molecule has 0 spiro atoms. The molecule has 0 N–H and O–H groups in total. The summed E-state index contributed by atoms with van der Waals surface area (Å²) < 4.78 is 2.22. The van der Waals surface area contributed by atoms with Gasteiger partial charge in [0.15, 0.2) is 4.96 Å². The standard InChI is InChI=1S/C10H14N2S/c1-3-5-8-9(4-2)12-6-7-13-10(12)11-8/h6-7H,3-5H2,1-2H3. The number of imidazole rings is 1. The topological polar surface area (TPSA) is 17.3 Å². The average molecular weight is 194 g/mol. The van der Waals surface area contributed by atoms with Crippen molar-refractivity contribution in [2.45, 2.75) is 33.1 Å². The number of hydrogen-bond donors (Lipinski definition) is 0. The van der Waals surface area contributed by atoms with E-state index in [1.165, 1.54) is 17.8 Å². The number of nitrogens with zero attached hydrogens (tertiary/aromatic N) is 2. The van der Waals surface area contributed by atoms with Crippen LogP contribution < -0.4 is 0 Å². The molecule has 70 valence electrons. The van der Waals surface area contributed by atoms with E-state index in [9.17, 15) is 0 Å². The maximum Gasteiger partial charge on any atom is 0.194 e. The molecule has 0 amide bonds. The zero-order chi connectivity index (χ0) is 9.26. The van der Waals surface area contributed by atoms with Crippen LogP contribution in [0, 0.1) is 0 Å². The Morgan fingerprint density at radius 3 is 3.00 bits per heavy atom. The Hall–Kier alpha value is -0.830. The summed E-state index contributed by atoms with van der Waals surface area (Å²) in [6.45, 7) is 4.40. The fraction of sp³-hybridized carbons (Fsp3) is 0.500. The van der Waals surface area contributed by atoms with Gasteiger partial charge in [-0.2, -0.15) is 0 Å². The first kappa shape index (κ1) is 8.75. The summed E-state index contributed by atoms with van der Waals surface area (Å²) in [5.41, 5.74) is 2.68. The predicted octanol–water partition coefficient (Wildman–Crippen LogP) is 2.91. The molecular weight excluding hydrogens is 180 g/mol. The van der Waals surface area contributed by atoms with E-state index in [0.29, 0.717) is 0 Å². The van der Waals surface area contributed by atoms with E-state index < -0.39 is 0 Å². The maximum absolute atomic E-state index is 4.61. The van der Waals surface area contributed by atoms with Crippen LogP contribution in [0.15, 0.2) is 11.6 Å². The van der Waals surface area contributed by atoms with Gasteiger partial charge >= 0.3 is 0 Å². The molecule has 0 aliphatic heterocycles. The highest BCUT2D eigenvalue weighted by atomic mass is 32.1. The van der Waals surface area contributed by atoms with Crippen LogP contribution in [0.3, 0.4) is 0 Å². The van der Waals surface area contributed by atoms with Crippen molar-refractivity contribution in [3.63, 3.8) is 0 Å². The third kappa shape index (κ3) is 1.37. The van der Waals surface area contributed by atoms with Crippen molar-refractivity contribution < 1.29 is 0 Å². The number of hydrogen-bond acceptors (Lipinski definition) is 2. The average Bonchev–Trinajstić information content (AvgIpc) is 2.64. The third-order valence-corrected chi connectivity index (χ3v) is 3.02. The molecule has 13 heavy (non-hydrogen) atoms. The number of rotatable bonds is 3. The highest BCUT2D eigenvalue weighted by Crippen LogP contribution is 2.18. The van der Waals surface area contributed by atoms with E-state index in [1.54, 1.807) is 11.3 Å². The number of aryl methyl sites for hydroxylation is 2. The van der Waals surface area contributed by atoms with E-state index in [-0.39, 0.29) is 0 Å². The van der Waals surface area contributed by atoms with Crippen molar-refractivity contribution in [3.8, 4) is 0 Å². The molecular formula is C10H14N2S. The first-order valence-corrected chi connectivity index (χ1v) is 5.68. The zero-order valence-electron chi connectivity index (χ0n) is 8.08. The summed E-state index contributed by atoms with van der Waals surface area (Å²) >= 11 is 1.72. The van der Waals surface area contributed by atoms with Crippen molar-refractivity contribution in [2.24, 2.45) is 0 Å². The fourth-order valence-corrected chi connectivity index (χ4v) is 2.44. The number of thiazole rings is 1. The summed E-state index contributed by atoms with van der Waals surface area (Å²) in [7, 11) is 0. The molecule has 0 atom stereocenters. The van der Waals surface area contributed by atoms with E-state index >= 15 is 0 Å². The molecule has 3 heteroatoms. The zero-order valence-corrected chi connectivity index (χ0v) is 8.90. The summed E-state index contributed by atoms with van der Waals surface area (Å²) in [4.78, 5) is 5.75. The molecule has 2 rings (SSSR count). The van der Waals surface area contributed by atoms with Crippen LogP contribution in [0.1, 0.15) is 31.7 Å². The van der Waals surface area contributed by atoms with Crippen LogP contribution in [0.25, 0.3) is 4.96 Å². The maximum atomic E-state index is 4.61. The molecule has 0 unspecified atom stereocenters. The number of aromatic nitrogens is 2. The lowest BCUT2D eigenvalue weighted by molar-refractivity contribution is 0.860. The van der Waals surface area contributed by atoms with Gasteiger partial charge in [0.05, 0.1) is 5.69 Å². The van der Waals surface area contributed by atoms with E-state index in [1.807, 2.05) is 0 Å². The molecule has 2 aromatic rings. The summed E-state index contributed by atoms with van der Waals surface area (Å²) in [6, 6.07) is 0. The van der Waals surface area contributed by atoms with Crippen LogP contribution in [-0.4, -0.2) is 9.38 Å². The Morgan fingerprint density at radius 2 is 2.31 bits per heavy atom. The monoisotopic (exact) mass is 194 g/mol. The van der Waals surface area contributed by atoms with Gasteiger partial charge in [0, 0.05) is 17.3 Å². The van der Waals surface area contributed by atoms with Crippen LogP contribution in [0.2, 0.25) is 0 Å². The fourth-order valence-electron chi connectivity index (χ4n) is 1.69. The lowest BCUT2D eigenvalue weighted by atomic mass is 10.2. The van der Waals surface area contributed by atoms with Crippen molar-refractivity contribution >= 4 is 16.3 Å². The summed E-state index contributed by atoms with van der Waals surface area (Å²) in [6.07, 6.45) is 5.48. The molecule has 0 aromatic carbocycles. The molecule has 2 heterocycles. The van der Waals surface area contributed by atoms with E-state index in [2.05, 4.69) is 34.8 Å². The van der Waals surface area contributed by atoms with Crippen molar-refractivity contribution in [1.82, 2.24) is 9.38 Å². The quantitative estimate of drug-likeness (QED) is 0.734. The van der Waals surface area contributed by atoms with Crippen LogP contribution >= 0.6 is 11.3 Å². The lowest BCUT2D eigenvalue weighted by Gasteiger charge is -1.97. The second-order valence-corrected chi connectivity index (χ2v) is 4.04. The Balaban J connectivity index is 2.54. The Kier molecular flexibility index (Phi) is 2.36. The SMILES string of the molecule is CCCc1nc2sccn2c1CC. The molecule has 0 aliphatic rings. The smallest absolute Gasteiger partial charge is 0.194 e. The molecule has 0 saturated carbocycles. The van der Waals surface area contributed by atoms with Gasteiger partial charge in [0.2, 0.25) is 0 Å². The molecule has 0 saturated heterocycles. The molecule has 0 aliphatic carbocycles. The Bertz CT molecular complexity index is 400. The van der Waals surface area contributed by atoms with Gasteiger partial charge in [0.25, 0.3) is 0 Å². The highest BCUT2D eigenvalue weighted by Gasteiger charge is 2.09. The molecule has 2 aromatic heterocycles. The highest BCUT2D eigenvalue weighted by molar-refractivity contribution is 7.15. The van der Waals surface area contributed by atoms with Crippen molar-refractivity contribution in [1.29, 1.82) is 0 Å². The van der Waals surface area contributed by atoms with Gasteiger partial charge in [0.1, 0.15) is 0 Å². The largest absolute Gasteiger partial charge is 0.294 e. The van der Waals surface area contributed by atoms with E-state index in [4.69, 9.17) is 0 Å². The third-order valence-electron chi connectivity index (χ3n) is 2.27. The second kappa shape index (κ2) is 3.50. The first-order chi connectivity index (χ1) is 6.36. The molecule has 0 fully saturated rings. The van der Waals surface area contributed by atoms with Crippen LogP contribution in [-0.2, 0) is 12.8 Å². The van der Waals surface area contributed by atoms with Gasteiger partial charge in [-0.25, -0.2) is 4.98 Å². The second-order valence-electron chi connectivity index (χ2n) is 3.16. The summed E-state index contributed by atoms with van der Waals surface area (Å²) in [5, 5.41) is 2.09. The molecule has 0 bridgehead atoms. The van der Waals surface area contributed by atoms with Crippen molar-refractivity contribution in [2.75, 3.05) is 0 Å². The first-order valence-electron chi connectivity index (χ1n) is 4.80. The Morgan fingerprint density at radius 1 is 1.46 bits per heavy atom. The summed E-state index contributed by atoms with van der Waals surface area (Å²) in [5.74, 6) is 0. The van der Waals surface area contributed by atoms with Crippen LogP contribution in [0.4, 0.5) is 0 Å². The minimum absolute atomic E-state index is 1.08. The number of fused-ring (bicyclic) bond motifs is 1. The predicted molar refractivity (Wildman–Crippen MR) is 56.4 cm³/mol. The lowest BCUT2D eigenvalue weighted by Crippen LogP contribution is -1.93. The minimum atomic E-state index is 1.08. The van der Waals surface area contributed by atoms with Crippen molar-refractivity contribution in [3.05, 3.63) is 23.0 Å². The molecule has 2 nitrogen and oxygen atoms in total. The minimum Gasteiger partial charge on any atom is -0.294 e. The van der Waals surface area contributed by atoms with Gasteiger partial charge in [-0.05, 0) is 12.8 Å². The molecule has 0 radical (unpaired) electrons. The van der Waals surface area contributed by atoms with Gasteiger partial charge in [-0.15, -0.1) is 11.3 Å². The van der Waals surface area contributed by atoms with E-state index in [0.717, 1.165) is 17.8 Å². The Labute approximate surface area is 82.2 Å².